The van der Waals surface area contributed by atoms with Crippen LogP contribution in [0.25, 0.3) is 4.98 Å². The molecule has 0 unspecified atom stereocenters. The zero-order valence-corrected chi connectivity index (χ0v) is 5.69. The Balaban J connectivity index is 2.92. The van der Waals surface area contributed by atoms with E-state index in [0.29, 0.717) is 13.0 Å². The van der Waals surface area contributed by atoms with Gasteiger partial charge in [0.1, 0.15) is 4.98 Å². The first kappa shape index (κ1) is 8.82. The van der Waals surface area contributed by atoms with Gasteiger partial charge in [-0.3, -0.25) is 10.1 Å². The van der Waals surface area contributed by atoms with Gasteiger partial charge >= 0.3 is 6.54 Å². The van der Waals surface area contributed by atoms with Crippen molar-refractivity contribution in [3.63, 3.8) is 0 Å². The molecule has 56 valence electrons. The molecule has 0 radical (unpaired) electrons. The summed E-state index contributed by atoms with van der Waals surface area (Å²) < 4.78 is 0. The Labute approximate surface area is 58.8 Å². The highest BCUT2D eigenvalue weighted by molar-refractivity contribution is 4.53. The lowest BCUT2D eigenvalue weighted by atomic mass is 10.2. The van der Waals surface area contributed by atoms with Crippen LogP contribution in [0.3, 0.4) is 0 Å². The monoisotopic (exact) mass is 144 g/mol. The predicted molar refractivity (Wildman–Crippen MR) is 35.7 cm³/mol. The summed E-state index contributed by atoms with van der Waals surface area (Å²) >= 11 is 0. The smallest absolute Gasteiger partial charge is 0.265 e. The van der Waals surface area contributed by atoms with Gasteiger partial charge in [0.2, 0.25) is 11.9 Å². The van der Waals surface area contributed by atoms with E-state index in [4.69, 9.17) is 5.39 Å². The molecule has 0 aromatic rings. The average molecular weight is 144 g/mol. The van der Waals surface area contributed by atoms with E-state index in [1.807, 2.05) is 0 Å². The summed E-state index contributed by atoms with van der Waals surface area (Å²) in [5.41, 5.74) is 0. The molecule has 0 aliphatic heterocycles. The summed E-state index contributed by atoms with van der Waals surface area (Å²) in [6.07, 6.45) is 2.05. The molecule has 0 aliphatic rings. The van der Waals surface area contributed by atoms with Crippen LogP contribution in [0.4, 0.5) is 0 Å². The molecular formula is C5H10N3O2+. The Hall–Kier alpha value is -1.18. The van der Waals surface area contributed by atoms with Crippen molar-refractivity contribution in [1.82, 2.24) is 0 Å². The zero-order chi connectivity index (χ0) is 7.82. The molecule has 0 aliphatic carbocycles. The first-order valence-corrected chi connectivity index (χ1v) is 3.20. The summed E-state index contributed by atoms with van der Waals surface area (Å²) in [5.74, 6) is 0. The van der Waals surface area contributed by atoms with Crippen molar-refractivity contribution in [2.45, 2.75) is 19.3 Å². The summed E-state index contributed by atoms with van der Waals surface area (Å²) in [5, 5.41) is 17.7. The maximum absolute atomic E-state index is 9.76. The molecule has 0 saturated heterocycles. The van der Waals surface area contributed by atoms with Crippen LogP contribution < -0.4 is 0 Å². The Bertz CT molecular complexity index is 140. The van der Waals surface area contributed by atoms with Gasteiger partial charge in [0.25, 0.3) is 0 Å². The SMILES string of the molecule is N#[N+]CCCCC[N+](=O)[O-]. The van der Waals surface area contributed by atoms with Crippen LogP contribution in [-0.4, -0.2) is 18.0 Å². The lowest BCUT2D eigenvalue weighted by molar-refractivity contribution is -0.480. The summed E-state index contributed by atoms with van der Waals surface area (Å²) in [6, 6.07) is 0. The van der Waals surface area contributed by atoms with E-state index in [-0.39, 0.29) is 11.5 Å². The third kappa shape index (κ3) is 6.82. The molecule has 0 aromatic carbocycles. The van der Waals surface area contributed by atoms with Gasteiger partial charge in [-0.1, -0.05) is 0 Å². The fraction of sp³-hybridized carbons (Fsp3) is 1.00. The first-order valence-electron chi connectivity index (χ1n) is 3.20. The van der Waals surface area contributed by atoms with Crippen molar-refractivity contribution in [2.24, 2.45) is 0 Å². The van der Waals surface area contributed by atoms with Crippen molar-refractivity contribution in [2.75, 3.05) is 13.1 Å². The average Bonchev–Trinajstić information content (AvgIpc) is 1.87. The topological polar surface area (TPSA) is 71.3 Å². The van der Waals surface area contributed by atoms with Gasteiger partial charge in [0.15, 0.2) is 0 Å². The van der Waals surface area contributed by atoms with Crippen LogP contribution in [0.1, 0.15) is 19.3 Å². The molecular weight excluding hydrogens is 134 g/mol. The zero-order valence-electron chi connectivity index (χ0n) is 5.69. The van der Waals surface area contributed by atoms with Gasteiger partial charge in [-0.15, -0.1) is 0 Å². The van der Waals surface area contributed by atoms with Gasteiger partial charge in [-0.2, -0.15) is 0 Å². The lowest BCUT2D eigenvalue weighted by Gasteiger charge is -1.88. The van der Waals surface area contributed by atoms with Crippen LogP contribution in [0, 0.1) is 15.5 Å². The van der Waals surface area contributed by atoms with E-state index < -0.39 is 0 Å². The molecule has 10 heavy (non-hydrogen) atoms. The maximum Gasteiger partial charge on any atom is 0.305 e. The standard InChI is InChI=1S/C5H10N3O2/c6-7-4-2-1-3-5-8(9)10/h1-5H2/q+1. The highest BCUT2D eigenvalue weighted by Gasteiger charge is 1.98. The predicted octanol–water partition coefficient (Wildman–Crippen LogP) is 1.29. The molecule has 0 saturated carbocycles. The van der Waals surface area contributed by atoms with E-state index in [0.717, 1.165) is 12.8 Å². The van der Waals surface area contributed by atoms with Crippen molar-refractivity contribution in [3.05, 3.63) is 15.1 Å². The van der Waals surface area contributed by atoms with Crippen molar-refractivity contribution in [3.8, 4) is 0 Å². The summed E-state index contributed by atoms with van der Waals surface area (Å²) in [7, 11) is 0. The van der Waals surface area contributed by atoms with Crippen LogP contribution in [0.15, 0.2) is 0 Å². The summed E-state index contributed by atoms with van der Waals surface area (Å²) in [6.45, 7) is 0.406. The molecule has 0 atom stereocenters. The second kappa shape index (κ2) is 5.95. The minimum absolute atomic E-state index is 0.0193. The summed E-state index contributed by atoms with van der Waals surface area (Å²) in [4.78, 5) is 12.3. The molecule has 0 aromatic heterocycles. The molecule has 0 fully saturated rings. The molecule has 0 heterocycles. The number of nitrogens with zero attached hydrogens (tertiary/aromatic N) is 3. The Morgan fingerprint density at radius 1 is 1.40 bits per heavy atom. The van der Waals surface area contributed by atoms with Gasteiger partial charge in [0, 0.05) is 17.8 Å². The fourth-order valence-corrected chi connectivity index (χ4v) is 0.600. The molecule has 5 nitrogen and oxygen atoms in total. The number of diazo groups is 1. The molecule has 0 N–H and O–H groups in total. The molecule has 0 bridgehead atoms. The van der Waals surface area contributed by atoms with Gasteiger partial charge in [-0.05, 0) is 6.42 Å². The Kier molecular flexibility index (Phi) is 5.25. The van der Waals surface area contributed by atoms with Crippen molar-refractivity contribution >= 4 is 0 Å². The van der Waals surface area contributed by atoms with Gasteiger partial charge in [0.05, 0.1) is 0 Å². The molecule has 5 heteroatoms. The van der Waals surface area contributed by atoms with Crippen LogP contribution >= 0.6 is 0 Å². The largest absolute Gasteiger partial charge is 0.305 e. The minimum Gasteiger partial charge on any atom is -0.265 e. The molecule has 0 rings (SSSR count). The number of rotatable bonds is 5. The Morgan fingerprint density at radius 3 is 2.60 bits per heavy atom. The van der Waals surface area contributed by atoms with E-state index in [1.54, 1.807) is 0 Å². The first-order chi connectivity index (χ1) is 4.77. The van der Waals surface area contributed by atoms with E-state index in [9.17, 15) is 10.1 Å². The lowest BCUT2D eigenvalue weighted by Crippen LogP contribution is -1.99. The maximum atomic E-state index is 9.76. The van der Waals surface area contributed by atoms with Crippen LogP contribution in [0.5, 0.6) is 0 Å². The third-order valence-corrected chi connectivity index (χ3v) is 1.10. The van der Waals surface area contributed by atoms with E-state index >= 15 is 0 Å². The second-order valence-electron chi connectivity index (χ2n) is 1.98. The minimum atomic E-state index is -0.337. The molecule has 0 spiro atoms. The third-order valence-electron chi connectivity index (χ3n) is 1.10. The number of hydrogen-bond acceptors (Lipinski definition) is 3. The van der Waals surface area contributed by atoms with Gasteiger partial charge < -0.3 is 0 Å². The van der Waals surface area contributed by atoms with Crippen LogP contribution in [-0.2, 0) is 0 Å². The van der Waals surface area contributed by atoms with Crippen LogP contribution in [0.2, 0.25) is 0 Å². The number of hydrogen-bond donors (Lipinski definition) is 0. The quantitative estimate of drug-likeness (QED) is 0.252. The second-order valence-corrected chi connectivity index (χ2v) is 1.98. The molecule has 0 amide bonds. The van der Waals surface area contributed by atoms with Crippen molar-refractivity contribution < 1.29 is 4.92 Å². The van der Waals surface area contributed by atoms with E-state index in [1.165, 1.54) is 0 Å². The Morgan fingerprint density at radius 2 is 2.10 bits per heavy atom. The highest BCUT2D eigenvalue weighted by atomic mass is 16.6. The van der Waals surface area contributed by atoms with Gasteiger partial charge in [-0.25, -0.2) is 0 Å². The fourth-order valence-electron chi connectivity index (χ4n) is 0.600. The van der Waals surface area contributed by atoms with E-state index in [2.05, 4.69) is 4.98 Å². The number of nitro groups is 1. The number of unbranched alkanes of at least 4 members (excludes halogenated alkanes) is 2. The highest BCUT2D eigenvalue weighted by Crippen LogP contribution is 1.94. The van der Waals surface area contributed by atoms with Crippen molar-refractivity contribution in [1.29, 1.82) is 5.39 Å². The normalized spacial score (nSPS) is 8.70.